The Morgan fingerprint density at radius 3 is 2.48 bits per heavy atom. The average molecular weight is 387 g/mol. The second-order valence-corrected chi connectivity index (χ2v) is 6.19. The van der Waals surface area contributed by atoms with Crippen molar-refractivity contribution in [3.05, 3.63) is 86.8 Å². The lowest BCUT2D eigenvalue weighted by Gasteiger charge is -2.12. The minimum atomic E-state index is -1.35. The molecule has 1 heterocycles. The van der Waals surface area contributed by atoms with Gasteiger partial charge in [0.25, 0.3) is 5.56 Å². The molecule has 1 N–H and O–H groups in total. The van der Waals surface area contributed by atoms with Crippen molar-refractivity contribution in [1.82, 2.24) is 9.78 Å². The Kier molecular flexibility index (Phi) is 5.56. The van der Waals surface area contributed by atoms with Gasteiger partial charge in [0, 0.05) is 5.56 Å². The number of aryl methyl sites for hydroxylation is 1. The van der Waals surface area contributed by atoms with Crippen LogP contribution in [-0.2, 0) is 0 Å². The molecule has 1 aromatic heterocycles. The van der Waals surface area contributed by atoms with Crippen LogP contribution in [0.4, 0.5) is 0 Å². The number of methoxy groups -OCH3 is 1. The number of nitrogens with zero attached hydrogens (tertiary/aromatic N) is 3. The van der Waals surface area contributed by atoms with Gasteiger partial charge in [-0.3, -0.25) is 4.79 Å². The standard InChI is InChI=1S/C22H17N3O4/c1-14-7-9-15(10-8-14)11-12-16-17(13-23)21(26)25(24-20(16)22(27)28)18-5-3-4-6-19(18)29-2/h3-12H,1-2H3,(H,27,28)/b12-11-. The highest BCUT2D eigenvalue weighted by Crippen LogP contribution is 2.22. The molecule has 3 rings (SSSR count). The molecule has 0 radical (unpaired) electrons. The summed E-state index contributed by atoms with van der Waals surface area (Å²) in [4.78, 5) is 24.8. The zero-order chi connectivity index (χ0) is 21.0. The SMILES string of the molecule is COc1ccccc1-n1nc(C(=O)O)c(/C=C\c2ccc(C)cc2)c(C#N)c1=O. The Morgan fingerprint density at radius 1 is 1.17 bits per heavy atom. The van der Waals surface area contributed by atoms with Gasteiger partial charge in [0.15, 0.2) is 5.69 Å². The number of ether oxygens (including phenoxy) is 1. The average Bonchev–Trinajstić information content (AvgIpc) is 2.73. The fourth-order valence-corrected chi connectivity index (χ4v) is 2.79. The summed E-state index contributed by atoms with van der Waals surface area (Å²) in [5.74, 6) is -1.03. The zero-order valence-electron chi connectivity index (χ0n) is 15.8. The third kappa shape index (κ3) is 3.92. The molecule has 3 aromatic rings. The van der Waals surface area contributed by atoms with E-state index in [-0.39, 0.29) is 16.8 Å². The van der Waals surface area contributed by atoms with Crippen LogP contribution in [0.3, 0.4) is 0 Å². The molecule has 7 heteroatoms. The number of hydrogen-bond acceptors (Lipinski definition) is 5. The quantitative estimate of drug-likeness (QED) is 0.720. The third-order valence-corrected chi connectivity index (χ3v) is 4.28. The summed E-state index contributed by atoms with van der Waals surface area (Å²) in [5, 5.41) is 23.3. The van der Waals surface area contributed by atoms with E-state index in [4.69, 9.17) is 4.74 Å². The largest absolute Gasteiger partial charge is 0.494 e. The summed E-state index contributed by atoms with van der Waals surface area (Å²) in [6.07, 6.45) is 3.06. The normalized spacial score (nSPS) is 10.7. The number of nitriles is 1. The van der Waals surface area contributed by atoms with Crippen LogP contribution in [0, 0.1) is 18.3 Å². The molecule has 0 aliphatic heterocycles. The summed E-state index contributed by atoms with van der Waals surface area (Å²) in [6.45, 7) is 1.95. The van der Waals surface area contributed by atoms with Crippen molar-refractivity contribution < 1.29 is 14.6 Å². The van der Waals surface area contributed by atoms with E-state index in [1.54, 1.807) is 30.3 Å². The summed E-state index contributed by atoms with van der Waals surface area (Å²) in [6, 6.07) is 15.9. The molecule has 0 aliphatic carbocycles. The third-order valence-electron chi connectivity index (χ3n) is 4.28. The van der Waals surface area contributed by atoms with Crippen molar-refractivity contribution in [2.45, 2.75) is 6.92 Å². The van der Waals surface area contributed by atoms with Crippen molar-refractivity contribution >= 4 is 18.1 Å². The monoisotopic (exact) mass is 387 g/mol. The number of carboxylic acid groups (broad SMARTS) is 1. The highest BCUT2D eigenvalue weighted by atomic mass is 16.5. The Bertz CT molecular complexity index is 1200. The molecule has 2 aromatic carbocycles. The maximum Gasteiger partial charge on any atom is 0.357 e. The van der Waals surface area contributed by atoms with Gasteiger partial charge in [-0.25, -0.2) is 4.79 Å². The lowest BCUT2D eigenvalue weighted by atomic mass is 10.1. The summed E-state index contributed by atoms with van der Waals surface area (Å²) in [7, 11) is 1.42. The van der Waals surface area contributed by atoms with E-state index >= 15 is 0 Å². The molecule has 7 nitrogen and oxygen atoms in total. The first-order chi connectivity index (χ1) is 14.0. The molecule has 0 spiro atoms. The fraction of sp³-hybridized carbons (Fsp3) is 0.0909. The number of carboxylic acids is 1. The first kappa shape index (κ1) is 19.6. The summed E-state index contributed by atoms with van der Waals surface area (Å²) < 4.78 is 6.11. The highest BCUT2D eigenvalue weighted by molar-refractivity contribution is 5.92. The Morgan fingerprint density at radius 2 is 1.86 bits per heavy atom. The predicted molar refractivity (Wildman–Crippen MR) is 108 cm³/mol. The smallest absolute Gasteiger partial charge is 0.357 e. The maximum absolute atomic E-state index is 12.9. The van der Waals surface area contributed by atoms with Crippen LogP contribution in [-0.4, -0.2) is 28.0 Å². The topological polar surface area (TPSA) is 105 Å². The van der Waals surface area contributed by atoms with Crippen LogP contribution in [0.25, 0.3) is 17.8 Å². The maximum atomic E-state index is 12.9. The lowest BCUT2D eigenvalue weighted by molar-refractivity contribution is 0.0688. The van der Waals surface area contributed by atoms with E-state index < -0.39 is 17.2 Å². The van der Waals surface area contributed by atoms with Crippen LogP contribution >= 0.6 is 0 Å². The van der Waals surface area contributed by atoms with E-state index in [2.05, 4.69) is 5.10 Å². The summed E-state index contributed by atoms with van der Waals surface area (Å²) in [5.41, 5.74) is 0.620. The van der Waals surface area contributed by atoms with Crippen LogP contribution in [0.1, 0.15) is 32.7 Å². The second-order valence-electron chi connectivity index (χ2n) is 6.19. The molecule has 0 amide bonds. The zero-order valence-corrected chi connectivity index (χ0v) is 15.8. The van der Waals surface area contributed by atoms with E-state index in [1.165, 1.54) is 13.2 Å². The van der Waals surface area contributed by atoms with Gasteiger partial charge in [-0.15, -0.1) is 0 Å². The van der Waals surface area contributed by atoms with Gasteiger partial charge in [0.1, 0.15) is 23.1 Å². The Hall–Kier alpha value is -4.18. The first-order valence-electron chi connectivity index (χ1n) is 8.65. The molecule has 0 fully saturated rings. The van der Waals surface area contributed by atoms with Crippen LogP contribution in [0.2, 0.25) is 0 Å². The van der Waals surface area contributed by atoms with Gasteiger partial charge in [0.05, 0.1) is 7.11 Å². The Balaban J connectivity index is 2.24. The van der Waals surface area contributed by atoms with Crippen molar-refractivity contribution in [2.75, 3.05) is 7.11 Å². The van der Waals surface area contributed by atoms with E-state index in [1.807, 2.05) is 37.3 Å². The predicted octanol–water partition coefficient (Wildman–Crippen LogP) is 3.29. The fourth-order valence-electron chi connectivity index (χ4n) is 2.79. The molecule has 144 valence electrons. The minimum Gasteiger partial charge on any atom is -0.494 e. The molecule has 29 heavy (non-hydrogen) atoms. The van der Waals surface area contributed by atoms with Gasteiger partial charge in [-0.1, -0.05) is 54.1 Å². The second kappa shape index (κ2) is 8.23. The van der Waals surface area contributed by atoms with Gasteiger partial charge >= 0.3 is 5.97 Å². The first-order valence-corrected chi connectivity index (χ1v) is 8.65. The van der Waals surface area contributed by atoms with Crippen LogP contribution < -0.4 is 10.3 Å². The number of aromatic carboxylic acids is 1. The van der Waals surface area contributed by atoms with E-state index in [0.29, 0.717) is 5.75 Å². The summed E-state index contributed by atoms with van der Waals surface area (Å²) >= 11 is 0. The molecule has 0 unspecified atom stereocenters. The molecular weight excluding hydrogens is 370 g/mol. The molecular formula is C22H17N3O4. The van der Waals surface area contributed by atoms with Gasteiger partial charge in [-0.05, 0) is 24.6 Å². The number of benzene rings is 2. The lowest BCUT2D eigenvalue weighted by Crippen LogP contribution is -2.28. The van der Waals surface area contributed by atoms with Gasteiger partial charge < -0.3 is 9.84 Å². The highest BCUT2D eigenvalue weighted by Gasteiger charge is 2.22. The van der Waals surface area contributed by atoms with Gasteiger partial charge in [0.2, 0.25) is 0 Å². The number of aromatic nitrogens is 2. The van der Waals surface area contributed by atoms with E-state index in [9.17, 15) is 20.0 Å². The number of rotatable bonds is 5. The van der Waals surface area contributed by atoms with Crippen LogP contribution in [0.15, 0.2) is 53.3 Å². The van der Waals surface area contributed by atoms with E-state index in [0.717, 1.165) is 15.8 Å². The number of hydrogen-bond donors (Lipinski definition) is 1. The van der Waals surface area contributed by atoms with Crippen molar-refractivity contribution in [3.8, 4) is 17.5 Å². The molecule has 0 saturated heterocycles. The van der Waals surface area contributed by atoms with Crippen molar-refractivity contribution in [2.24, 2.45) is 0 Å². The molecule has 0 atom stereocenters. The Labute approximate surface area is 166 Å². The van der Waals surface area contributed by atoms with Crippen LogP contribution in [0.5, 0.6) is 5.75 Å². The molecule has 0 bridgehead atoms. The molecule has 0 aliphatic rings. The number of carbonyl (C=O) groups is 1. The van der Waals surface area contributed by atoms with Gasteiger partial charge in [-0.2, -0.15) is 15.0 Å². The van der Waals surface area contributed by atoms with Crippen molar-refractivity contribution in [3.63, 3.8) is 0 Å². The van der Waals surface area contributed by atoms with Crippen molar-refractivity contribution in [1.29, 1.82) is 5.26 Å². The number of para-hydroxylation sites is 2. The molecule has 0 saturated carbocycles. The minimum absolute atomic E-state index is 0.0447.